The van der Waals surface area contributed by atoms with Crippen LogP contribution in [0.15, 0.2) is 0 Å². The number of hydrogen-bond acceptors (Lipinski definition) is 0. The standard InChI is InChI=1S/C3H8.2Zn/c1-3-2;;/h3H2,1-2H3;;. The average molecular weight is 175 g/mol. The molecule has 0 amide bonds. The Balaban J connectivity index is -0.0000000200. The van der Waals surface area contributed by atoms with E-state index in [9.17, 15) is 0 Å². The Kier molecular flexibility index (Phi) is 61.2. The molecule has 0 saturated heterocycles. The van der Waals surface area contributed by atoms with Gasteiger partial charge in [0.25, 0.3) is 0 Å². The molecule has 0 rings (SSSR count). The molecule has 2 heteroatoms. The molecule has 0 aliphatic rings. The molecular weight excluding hydrogens is 167 g/mol. The van der Waals surface area contributed by atoms with E-state index >= 15 is 0 Å². The molecule has 0 aromatic carbocycles. The van der Waals surface area contributed by atoms with Gasteiger partial charge in [-0.2, -0.15) is 0 Å². The van der Waals surface area contributed by atoms with E-state index in [1.807, 2.05) is 0 Å². The van der Waals surface area contributed by atoms with Gasteiger partial charge in [-0.25, -0.2) is 0 Å². The van der Waals surface area contributed by atoms with Gasteiger partial charge < -0.3 is 0 Å². The minimum Gasteiger partial charge on any atom is -0.0656 e. The summed E-state index contributed by atoms with van der Waals surface area (Å²) in [5.74, 6) is 0. The van der Waals surface area contributed by atoms with E-state index in [2.05, 4.69) is 13.8 Å². The molecular formula is C3H8Zn2. The summed E-state index contributed by atoms with van der Waals surface area (Å²) >= 11 is 0. The van der Waals surface area contributed by atoms with E-state index in [4.69, 9.17) is 0 Å². The Morgan fingerprint density at radius 1 is 1.00 bits per heavy atom. The van der Waals surface area contributed by atoms with Crippen molar-refractivity contribution in [2.45, 2.75) is 20.3 Å². The number of hydrogen-bond donors (Lipinski definition) is 0. The second kappa shape index (κ2) is 18.7. The predicted molar refractivity (Wildman–Crippen MR) is 16.0 cm³/mol. The molecule has 5 heavy (non-hydrogen) atoms. The Hall–Kier alpha value is 1.25. The second-order valence-electron chi connectivity index (χ2n) is 0.707. The zero-order valence-corrected chi connectivity index (χ0v) is 10.1. The Morgan fingerprint density at radius 2 is 1.00 bits per heavy atom. The maximum absolute atomic E-state index is 2.12. The molecule has 0 fully saturated rings. The Morgan fingerprint density at radius 3 is 1.00 bits per heavy atom. The van der Waals surface area contributed by atoms with Crippen LogP contribution in [-0.4, -0.2) is 0 Å². The van der Waals surface area contributed by atoms with Crippen molar-refractivity contribution in [2.75, 3.05) is 0 Å². The third kappa shape index (κ3) is 35.6. The first-order valence-electron chi connectivity index (χ1n) is 1.41. The van der Waals surface area contributed by atoms with Gasteiger partial charge in [0.1, 0.15) is 0 Å². The van der Waals surface area contributed by atoms with Crippen LogP contribution in [0.1, 0.15) is 20.3 Å². The molecule has 0 radical (unpaired) electrons. The Bertz CT molecular complexity index is 4.85. The van der Waals surface area contributed by atoms with Crippen molar-refractivity contribution in [2.24, 2.45) is 0 Å². The van der Waals surface area contributed by atoms with Crippen LogP contribution in [0.25, 0.3) is 0 Å². The quantitative estimate of drug-likeness (QED) is 0.488. The smallest absolute Gasteiger partial charge is 0 e. The first-order chi connectivity index (χ1) is 1.41. The maximum atomic E-state index is 2.12. The van der Waals surface area contributed by atoms with Crippen molar-refractivity contribution in [3.8, 4) is 0 Å². The van der Waals surface area contributed by atoms with Gasteiger partial charge in [-0.1, -0.05) is 20.3 Å². The summed E-state index contributed by atoms with van der Waals surface area (Å²) in [5, 5.41) is 0. The zero-order chi connectivity index (χ0) is 2.71. The molecule has 0 N–H and O–H groups in total. The van der Waals surface area contributed by atoms with E-state index in [1.54, 1.807) is 0 Å². The zero-order valence-electron chi connectivity index (χ0n) is 4.12. The van der Waals surface area contributed by atoms with Crippen LogP contribution in [0.2, 0.25) is 0 Å². The summed E-state index contributed by atoms with van der Waals surface area (Å²) < 4.78 is 0. The van der Waals surface area contributed by atoms with Crippen molar-refractivity contribution >= 4 is 0 Å². The fourth-order valence-electron chi connectivity index (χ4n) is 0. The van der Waals surface area contributed by atoms with Gasteiger partial charge in [0.2, 0.25) is 0 Å². The van der Waals surface area contributed by atoms with Crippen LogP contribution >= 0.6 is 0 Å². The molecule has 0 saturated carbocycles. The van der Waals surface area contributed by atoms with Crippen LogP contribution in [0.4, 0.5) is 0 Å². The molecule has 24 valence electrons. The van der Waals surface area contributed by atoms with Crippen molar-refractivity contribution in [3.63, 3.8) is 0 Å². The SMILES string of the molecule is CCC.[Zn].[Zn]. The van der Waals surface area contributed by atoms with E-state index in [-0.39, 0.29) is 39.0 Å². The summed E-state index contributed by atoms with van der Waals surface area (Å²) in [7, 11) is 0. The van der Waals surface area contributed by atoms with E-state index in [0.29, 0.717) is 0 Å². The van der Waals surface area contributed by atoms with Crippen molar-refractivity contribution in [3.05, 3.63) is 0 Å². The largest absolute Gasteiger partial charge is 0.0656 e. The molecule has 0 nitrogen and oxygen atoms in total. The number of rotatable bonds is 0. The molecule has 0 aromatic heterocycles. The van der Waals surface area contributed by atoms with Gasteiger partial charge >= 0.3 is 0 Å². The topological polar surface area (TPSA) is 0 Å². The Labute approximate surface area is 59.2 Å². The van der Waals surface area contributed by atoms with Gasteiger partial charge in [0, 0.05) is 39.0 Å². The van der Waals surface area contributed by atoms with Crippen molar-refractivity contribution < 1.29 is 39.0 Å². The fraction of sp³-hybridized carbons (Fsp3) is 1.00. The van der Waals surface area contributed by atoms with Crippen LogP contribution in [0.5, 0.6) is 0 Å². The van der Waals surface area contributed by atoms with Crippen molar-refractivity contribution in [1.29, 1.82) is 0 Å². The van der Waals surface area contributed by atoms with Crippen LogP contribution in [-0.2, 0) is 39.0 Å². The molecule has 0 bridgehead atoms. The fourth-order valence-corrected chi connectivity index (χ4v) is 0. The van der Waals surface area contributed by atoms with E-state index < -0.39 is 0 Å². The molecule has 0 atom stereocenters. The second-order valence-corrected chi connectivity index (χ2v) is 0.707. The molecule has 0 aliphatic heterocycles. The molecule has 0 spiro atoms. The molecule has 0 heterocycles. The van der Waals surface area contributed by atoms with Crippen LogP contribution in [0, 0.1) is 0 Å². The van der Waals surface area contributed by atoms with Crippen LogP contribution < -0.4 is 0 Å². The summed E-state index contributed by atoms with van der Waals surface area (Å²) in [6.45, 7) is 4.25. The predicted octanol–water partition coefficient (Wildman–Crippen LogP) is 1.41. The molecule has 0 aromatic rings. The van der Waals surface area contributed by atoms with Gasteiger partial charge in [-0.3, -0.25) is 0 Å². The van der Waals surface area contributed by atoms with Gasteiger partial charge in [0.05, 0.1) is 0 Å². The summed E-state index contributed by atoms with van der Waals surface area (Å²) in [4.78, 5) is 0. The van der Waals surface area contributed by atoms with E-state index in [1.165, 1.54) is 6.42 Å². The van der Waals surface area contributed by atoms with Gasteiger partial charge in [-0.05, 0) is 0 Å². The van der Waals surface area contributed by atoms with Gasteiger partial charge in [0.15, 0.2) is 0 Å². The maximum Gasteiger partial charge on any atom is 0 e. The van der Waals surface area contributed by atoms with Crippen molar-refractivity contribution in [1.82, 2.24) is 0 Å². The summed E-state index contributed by atoms with van der Waals surface area (Å²) in [5.41, 5.74) is 0. The average Bonchev–Trinajstić information content (AvgIpc) is 0.918. The minimum absolute atomic E-state index is 0. The molecule has 0 aliphatic carbocycles. The third-order valence-corrected chi connectivity index (χ3v) is 0. The monoisotopic (exact) mass is 172 g/mol. The summed E-state index contributed by atoms with van der Waals surface area (Å²) in [6, 6.07) is 0. The first-order valence-corrected chi connectivity index (χ1v) is 1.41. The van der Waals surface area contributed by atoms with E-state index in [0.717, 1.165) is 0 Å². The first kappa shape index (κ1) is 16.3. The molecule has 0 unspecified atom stereocenters. The normalized spacial score (nSPS) is 3.60. The van der Waals surface area contributed by atoms with Gasteiger partial charge in [-0.15, -0.1) is 0 Å². The van der Waals surface area contributed by atoms with Crippen LogP contribution in [0.3, 0.4) is 0 Å². The summed E-state index contributed by atoms with van der Waals surface area (Å²) in [6.07, 6.45) is 1.25. The third-order valence-electron chi connectivity index (χ3n) is 0. The minimum atomic E-state index is 0.